The zero-order valence-electron chi connectivity index (χ0n) is 17.6. The Labute approximate surface area is 181 Å². The Morgan fingerprint density at radius 3 is 2.16 bits per heavy atom. The van der Waals surface area contributed by atoms with Crippen LogP contribution in [0.3, 0.4) is 0 Å². The van der Waals surface area contributed by atoms with Crippen LogP contribution in [0.5, 0.6) is 0 Å². The monoisotopic (exact) mass is 422 g/mol. The van der Waals surface area contributed by atoms with Gasteiger partial charge in [-0.25, -0.2) is 9.59 Å². The molecule has 1 saturated carbocycles. The summed E-state index contributed by atoms with van der Waals surface area (Å²) in [6, 6.07) is 15.3. The number of ether oxygens (including phenoxy) is 1. The van der Waals surface area contributed by atoms with Crippen LogP contribution in [-0.4, -0.2) is 53.7 Å². The third-order valence-electron chi connectivity index (χ3n) is 6.44. The molecule has 0 heterocycles. The first-order valence-corrected chi connectivity index (χ1v) is 10.5. The van der Waals surface area contributed by atoms with E-state index in [0.717, 1.165) is 11.1 Å². The molecule has 31 heavy (non-hydrogen) atoms. The predicted octanol–water partition coefficient (Wildman–Crippen LogP) is 3.24. The number of likely N-dealkylation sites (N-methyl/N-ethyl adjacent to an activating group) is 1. The Morgan fingerprint density at radius 2 is 1.61 bits per heavy atom. The van der Waals surface area contributed by atoms with E-state index in [-0.39, 0.29) is 30.4 Å². The summed E-state index contributed by atoms with van der Waals surface area (Å²) in [6.45, 7) is 1.72. The topological polar surface area (TPSA) is 95.9 Å². The van der Waals surface area contributed by atoms with Crippen LogP contribution in [0, 0.1) is 5.92 Å². The fourth-order valence-corrected chi connectivity index (χ4v) is 4.39. The number of alkyl carbamates (subject to hydrolysis) is 1. The largest absolute Gasteiger partial charge is 0.480 e. The SMILES string of the molecule is CC(C(=O)O)N(C)C(=O)C1CC(NC(=O)OCC2c3ccccc3-c3ccccc32)C1. The van der Waals surface area contributed by atoms with Gasteiger partial charge in [0.2, 0.25) is 5.91 Å². The molecule has 4 rings (SSSR count). The molecule has 0 aliphatic heterocycles. The molecule has 2 aromatic rings. The van der Waals surface area contributed by atoms with Gasteiger partial charge in [0.25, 0.3) is 0 Å². The molecule has 2 aromatic carbocycles. The molecule has 0 saturated heterocycles. The number of carbonyl (C=O) groups excluding carboxylic acids is 2. The summed E-state index contributed by atoms with van der Waals surface area (Å²) < 4.78 is 5.54. The summed E-state index contributed by atoms with van der Waals surface area (Å²) in [5.74, 6) is -1.52. The number of amides is 2. The van der Waals surface area contributed by atoms with E-state index in [2.05, 4.69) is 29.6 Å². The summed E-state index contributed by atoms with van der Waals surface area (Å²) in [4.78, 5) is 37.0. The molecular weight excluding hydrogens is 396 g/mol. The molecule has 0 radical (unpaired) electrons. The summed E-state index contributed by atoms with van der Waals surface area (Å²) in [5.41, 5.74) is 4.65. The van der Waals surface area contributed by atoms with Crippen LogP contribution in [0.4, 0.5) is 4.79 Å². The molecule has 0 bridgehead atoms. The lowest BCUT2D eigenvalue weighted by molar-refractivity contribution is -0.151. The number of hydrogen-bond donors (Lipinski definition) is 2. The molecule has 7 heteroatoms. The highest BCUT2D eigenvalue weighted by Crippen LogP contribution is 2.44. The van der Waals surface area contributed by atoms with Crippen molar-refractivity contribution in [2.24, 2.45) is 5.92 Å². The van der Waals surface area contributed by atoms with Gasteiger partial charge in [0.1, 0.15) is 12.6 Å². The van der Waals surface area contributed by atoms with Crippen LogP contribution in [-0.2, 0) is 14.3 Å². The lowest BCUT2D eigenvalue weighted by atomic mass is 9.79. The second-order valence-electron chi connectivity index (χ2n) is 8.30. The van der Waals surface area contributed by atoms with E-state index in [9.17, 15) is 14.4 Å². The average molecular weight is 422 g/mol. The molecular formula is C24H26N2O5. The Bertz CT molecular complexity index is 969. The number of hydrogen-bond acceptors (Lipinski definition) is 4. The van der Waals surface area contributed by atoms with Gasteiger partial charge >= 0.3 is 12.1 Å². The van der Waals surface area contributed by atoms with Crippen molar-refractivity contribution < 1.29 is 24.2 Å². The Balaban J connectivity index is 1.29. The van der Waals surface area contributed by atoms with Crippen molar-refractivity contribution in [1.29, 1.82) is 0 Å². The van der Waals surface area contributed by atoms with Crippen LogP contribution < -0.4 is 5.32 Å². The second kappa shape index (κ2) is 8.41. The molecule has 2 aliphatic carbocycles. The molecule has 1 unspecified atom stereocenters. The third-order valence-corrected chi connectivity index (χ3v) is 6.44. The molecule has 2 aliphatic rings. The number of benzene rings is 2. The van der Waals surface area contributed by atoms with E-state index < -0.39 is 18.1 Å². The Morgan fingerprint density at radius 1 is 1.06 bits per heavy atom. The van der Waals surface area contributed by atoms with E-state index in [1.54, 1.807) is 0 Å². The summed E-state index contributed by atoms with van der Waals surface area (Å²) >= 11 is 0. The Kier molecular flexibility index (Phi) is 5.67. The van der Waals surface area contributed by atoms with E-state index in [4.69, 9.17) is 9.84 Å². The smallest absolute Gasteiger partial charge is 0.407 e. The van der Waals surface area contributed by atoms with Gasteiger partial charge in [-0.15, -0.1) is 0 Å². The summed E-state index contributed by atoms with van der Waals surface area (Å²) in [7, 11) is 1.49. The van der Waals surface area contributed by atoms with Crippen molar-refractivity contribution in [2.75, 3.05) is 13.7 Å². The van der Waals surface area contributed by atoms with Crippen molar-refractivity contribution in [3.8, 4) is 11.1 Å². The maximum absolute atomic E-state index is 12.4. The lowest BCUT2D eigenvalue weighted by Gasteiger charge is -2.37. The van der Waals surface area contributed by atoms with Crippen LogP contribution in [0.1, 0.15) is 36.8 Å². The summed E-state index contributed by atoms with van der Waals surface area (Å²) in [5, 5.41) is 11.9. The number of nitrogens with one attached hydrogen (secondary N) is 1. The second-order valence-corrected chi connectivity index (χ2v) is 8.30. The first-order valence-electron chi connectivity index (χ1n) is 10.5. The summed E-state index contributed by atoms with van der Waals surface area (Å²) in [6.07, 6.45) is 0.476. The van der Waals surface area contributed by atoms with Gasteiger partial charge in [-0.3, -0.25) is 4.79 Å². The zero-order chi connectivity index (χ0) is 22.1. The number of carbonyl (C=O) groups is 3. The third kappa shape index (κ3) is 4.00. The molecule has 7 nitrogen and oxygen atoms in total. The minimum atomic E-state index is -1.04. The first-order chi connectivity index (χ1) is 14.9. The lowest BCUT2D eigenvalue weighted by Crippen LogP contribution is -2.52. The molecule has 2 N–H and O–H groups in total. The minimum Gasteiger partial charge on any atom is -0.480 e. The number of aliphatic carboxylic acids is 1. The number of carboxylic acid groups (broad SMARTS) is 1. The van der Waals surface area contributed by atoms with Gasteiger partial charge in [0.05, 0.1) is 0 Å². The zero-order valence-corrected chi connectivity index (χ0v) is 17.6. The van der Waals surface area contributed by atoms with Gasteiger partial charge in [-0.05, 0) is 42.0 Å². The van der Waals surface area contributed by atoms with Crippen LogP contribution in [0.2, 0.25) is 0 Å². The number of carboxylic acids is 1. The van der Waals surface area contributed by atoms with Crippen LogP contribution in [0.15, 0.2) is 48.5 Å². The van der Waals surface area contributed by atoms with Crippen LogP contribution >= 0.6 is 0 Å². The van der Waals surface area contributed by atoms with Crippen LogP contribution in [0.25, 0.3) is 11.1 Å². The quantitative estimate of drug-likeness (QED) is 0.745. The maximum atomic E-state index is 12.4. The van der Waals surface area contributed by atoms with Crippen molar-refractivity contribution in [3.05, 3.63) is 59.7 Å². The van der Waals surface area contributed by atoms with Gasteiger partial charge in [-0.2, -0.15) is 0 Å². The highest BCUT2D eigenvalue weighted by Gasteiger charge is 2.39. The van der Waals surface area contributed by atoms with Gasteiger partial charge < -0.3 is 20.1 Å². The maximum Gasteiger partial charge on any atom is 0.407 e. The normalized spacial score (nSPS) is 20.1. The highest BCUT2D eigenvalue weighted by molar-refractivity contribution is 5.85. The fraction of sp³-hybridized carbons (Fsp3) is 0.375. The van der Waals surface area contributed by atoms with Gasteiger partial charge in [0, 0.05) is 24.9 Å². The van der Waals surface area contributed by atoms with Crippen molar-refractivity contribution in [1.82, 2.24) is 10.2 Å². The Hall–Kier alpha value is -3.35. The number of rotatable bonds is 6. The average Bonchev–Trinajstić information content (AvgIpc) is 3.06. The van der Waals surface area contributed by atoms with Gasteiger partial charge in [-0.1, -0.05) is 48.5 Å². The van der Waals surface area contributed by atoms with E-state index >= 15 is 0 Å². The van der Waals surface area contributed by atoms with E-state index in [1.165, 1.54) is 30.0 Å². The molecule has 1 atom stereocenters. The molecule has 2 amide bonds. The number of nitrogens with zero attached hydrogens (tertiary/aromatic N) is 1. The van der Waals surface area contributed by atoms with Crippen molar-refractivity contribution in [2.45, 2.75) is 37.8 Å². The predicted molar refractivity (Wildman–Crippen MR) is 115 cm³/mol. The fourth-order valence-electron chi connectivity index (χ4n) is 4.39. The standard InChI is InChI=1S/C24H26N2O5/c1-14(23(28)29)26(2)22(27)15-11-16(12-15)25-24(30)31-13-21-19-9-5-3-7-17(19)18-8-4-6-10-20(18)21/h3-10,14-16,21H,11-13H2,1-2H3,(H,25,30)(H,28,29). The van der Waals surface area contributed by atoms with E-state index in [0.29, 0.717) is 12.8 Å². The van der Waals surface area contributed by atoms with Crippen molar-refractivity contribution in [3.63, 3.8) is 0 Å². The highest BCUT2D eigenvalue weighted by atomic mass is 16.5. The number of fused-ring (bicyclic) bond motifs is 3. The molecule has 0 aromatic heterocycles. The molecule has 0 spiro atoms. The van der Waals surface area contributed by atoms with E-state index in [1.807, 2.05) is 24.3 Å². The molecule has 1 fully saturated rings. The minimum absolute atomic E-state index is 0.0000210. The first kappa shape index (κ1) is 20.9. The van der Waals surface area contributed by atoms with Gasteiger partial charge in [0.15, 0.2) is 0 Å². The van der Waals surface area contributed by atoms with Crippen molar-refractivity contribution >= 4 is 18.0 Å². The molecule has 162 valence electrons.